The van der Waals surface area contributed by atoms with Gasteiger partial charge in [-0.25, -0.2) is 0 Å². The molecule has 0 aromatic carbocycles. The largest absolute Gasteiger partial charge is 0.323 e. The summed E-state index contributed by atoms with van der Waals surface area (Å²) in [6.45, 7) is 16.8. The summed E-state index contributed by atoms with van der Waals surface area (Å²) in [5.74, 6) is 0. The highest BCUT2D eigenvalue weighted by atomic mass is 15.4. The lowest BCUT2D eigenvalue weighted by atomic mass is 10.3. The maximum atomic E-state index is 2.45. The average molecular weight is 201 g/mol. The van der Waals surface area contributed by atoms with E-state index >= 15 is 0 Å². The third-order valence-electron chi connectivity index (χ3n) is 3.57. The summed E-state index contributed by atoms with van der Waals surface area (Å²) in [7, 11) is 2.24. The van der Waals surface area contributed by atoms with Gasteiger partial charge in [-0.1, -0.05) is 6.92 Å². The minimum Gasteiger partial charge on any atom is -0.323 e. The van der Waals surface area contributed by atoms with E-state index < -0.39 is 0 Å². The molecule has 2 heteroatoms. The molecule has 0 saturated carbocycles. The third kappa shape index (κ3) is 4.43. The number of hydrogen-bond donors (Lipinski definition) is 0. The van der Waals surface area contributed by atoms with Crippen LogP contribution in [-0.4, -0.2) is 55.7 Å². The molecule has 14 heavy (non-hydrogen) atoms. The SMILES string of the molecule is CCCN(C)CC[N+](CC)(CC)CC. The zero-order chi connectivity index (χ0) is 11.0. The minimum atomic E-state index is 1.23. The number of quaternary nitrogens is 1. The molecule has 0 amide bonds. The van der Waals surface area contributed by atoms with Crippen molar-refractivity contribution in [2.45, 2.75) is 34.1 Å². The maximum Gasteiger partial charge on any atom is 0.0915 e. The van der Waals surface area contributed by atoms with Crippen molar-refractivity contribution in [3.8, 4) is 0 Å². The van der Waals surface area contributed by atoms with Gasteiger partial charge in [-0.05, 0) is 40.8 Å². The fourth-order valence-electron chi connectivity index (χ4n) is 2.02. The van der Waals surface area contributed by atoms with Gasteiger partial charge in [0.05, 0.1) is 26.2 Å². The Morgan fingerprint density at radius 2 is 1.36 bits per heavy atom. The van der Waals surface area contributed by atoms with Crippen LogP contribution in [0.5, 0.6) is 0 Å². The Balaban J connectivity index is 3.92. The topological polar surface area (TPSA) is 3.24 Å². The summed E-state index contributed by atoms with van der Waals surface area (Å²) in [6, 6.07) is 0. The molecule has 0 aliphatic rings. The van der Waals surface area contributed by atoms with Crippen LogP contribution in [0, 0.1) is 0 Å². The third-order valence-corrected chi connectivity index (χ3v) is 3.57. The zero-order valence-corrected chi connectivity index (χ0v) is 10.8. The Morgan fingerprint density at radius 1 is 0.857 bits per heavy atom. The molecule has 0 aliphatic heterocycles. The molecule has 0 aliphatic carbocycles. The van der Waals surface area contributed by atoms with Gasteiger partial charge in [0.1, 0.15) is 0 Å². The fraction of sp³-hybridized carbons (Fsp3) is 1.00. The highest BCUT2D eigenvalue weighted by Crippen LogP contribution is 2.05. The van der Waals surface area contributed by atoms with Crippen molar-refractivity contribution in [1.82, 2.24) is 4.90 Å². The molecule has 0 bridgehead atoms. The molecule has 0 aromatic rings. The minimum absolute atomic E-state index is 1.23. The molecule has 86 valence electrons. The average Bonchev–Trinajstić information content (AvgIpc) is 2.21. The second-order valence-corrected chi connectivity index (χ2v) is 4.32. The Bertz CT molecular complexity index is 122. The molecule has 2 nitrogen and oxygen atoms in total. The van der Waals surface area contributed by atoms with E-state index in [1.54, 1.807) is 0 Å². The van der Waals surface area contributed by atoms with Gasteiger partial charge in [0.15, 0.2) is 0 Å². The number of hydrogen-bond acceptors (Lipinski definition) is 1. The molecule has 0 aromatic heterocycles. The number of nitrogens with zero attached hydrogens (tertiary/aromatic N) is 2. The van der Waals surface area contributed by atoms with Crippen LogP contribution in [-0.2, 0) is 0 Å². The van der Waals surface area contributed by atoms with Crippen molar-refractivity contribution in [2.75, 3.05) is 46.3 Å². The Labute approximate surface area is 90.5 Å². The maximum absolute atomic E-state index is 2.45. The summed E-state index contributed by atoms with van der Waals surface area (Å²) in [5.41, 5.74) is 0. The van der Waals surface area contributed by atoms with Crippen LogP contribution in [0.25, 0.3) is 0 Å². The first-order valence-electron chi connectivity index (χ1n) is 6.17. The molecule has 0 heterocycles. The quantitative estimate of drug-likeness (QED) is 0.544. The van der Waals surface area contributed by atoms with Crippen LogP contribution >= 0.6 is 0 Å². The van der Waals surface area contributed by atoms with Crippen molar-refractivity contribution in [2.24, 2.45) is 0 Å². The van der Waals surface area contributed by atoms with Gasteiger partial charge in [0.2, 0.25) is 0 Å². The first-order valence-corrected chi connectivity index (χ1v) is 6.17. The van der Waals surface area contributed by atoms with E-state index in [1.165, 1.54) is 50.2 Å². The van der Waals surface area contributed by atoms with Crippen LogP contribution in [0.3, 0.4) is 0 Å². The molecule has 0 fully saturated rings. The van der Waals surface area contributed by atoms with Crippen LogP contribution in [0.4, 0.5) is 0 Å². The fourth-order valence-corrected chi connectivity index (χ4v) is 2.02. The number of likely N-dealkylation sites (N-methyl/N-ethyl adjacent to an activating group) is 2. The monoisotopic (exact) mass is 201 g/mol. The van der Waals surface area contributed by atoms with Gasteiger partial charge in [0.25, 0.3) is 0 Å². The van der Waals surface area contributed by atoms with Gasteiger partial charge in [-0.3, -0.25) is 0 Å². The van der Waals surface area contributed by atoms with E-state index in [0.29, 0.717) is 0 Å². The van der Waals surface area contributed by atoms with Crippen molar-refractivity contribution in [3.63, 3.8) is 0 Å². The van der Waals surface area contributed by atoms with Crippen LogP contribution in [0.1, 0.15) is 34.1 Å². The van der Waals surface area contributed by atoms with E-state index in [9.17, 15) is 0 Å². The second-order valence-electron chi connectivity index (χ2n) is 4.32. The Kier molecular flexibility index (Phi) is 7.20. The standard InChI is InChI=1S/C12H29N2/c1-6-10-13(5)11-12-14(7-2,8-3)9-4/h6-12H2,1-5H3/q+1. The Hall–Kier alpha value is -0.0800. The number of rotatable bonds is 8. The molecule has 0 N–H and O–H groups in total. The van der Waals surface area contributed by atoms with Crippen molar-refractivity contribution in [3.05, 3.63) is 0 Å². The molecular weight excluding hydrogens is 172 g/mol. The molecule has 0 saturated heterocycles. The van der Waals surface area contributed by atoms with Gasteiger partial charge in [-0.2, -0.15) is 0 Å². The normalized spacial score (nSPS) is 12.4. The lowest BCUT2D eigenvalue weighted by Crippen LogP contribution is -2.51. The first kappa shape index (κ1) is 13.9. The van der Waals surface area contributed by atoms with Crippen molar-refractivity contribution >= 4 is 0 Å². The smallest absolute Gasteiger partial charge is 0.0915 e. The van der Waals surface area contributed by atoms with Gasteiger partial charge < -0.3 is 9.38 Å². The van der Waals surface area contributed by atoms with Crippen molar-refractivity contribution in [1.29, 1.82) is 0 Å². The van der Waals surface area contributed by atoms with Crippen LogP contribution in [0.2, 0.25) is 0 Å². The van der Waals surface area contributed by atoms with E-state index in [4.69, 9.17) is 0 Å². The van der Waals surface area contributed by atoms with Gasteiger partial charge >= 0.3 is 0 Å². The van der Waals surface area contributed by atoms with Crippen LogP contribution < -0.4 is 0 Å². The van der Waals surface area contributed by atoms with Crippen LogP contribution in [0.15, 0.2) is 0 Å². The second kappa shape index (κ2) is 7.24. The molecule has 0 spiro atoms. The summed E-state index contributed by atoms with van der Waals surface area (Å²) < 4.78 is 1.27. The molecule has 0 unspecified atom stereocenters. The lowest BCUT2D eigenvalue weighted by Gasteiger charge is -2.37. The molecule has 0 atom stereocenters. The first-order chi connectivity index (χ1) is 6.64. The van der Waals surface area contributed by atoms with Gasteiger partial charge in [0, 0.05) is 6.54 Å². The van der Waals surface area contributed by atoms with Gasteiger partial charge in [-0.15, -0.1) is 0 Å². The van der Waals surface area contributed by atoms with E-state index in [-0.39, 0.29) is 0 Å². The Morgan fingerprint density at radius 3 is 1.71 bits per heavy atom. The summed E-state index contributed by atoms with van der Waals surface area (Å²) in [4.78, 5) is 2.45. The highest BCUT2D eigenvalue weighted by Gasteiger charge is 2.20. The predicted octanol–water partition coefficient (Wildman–Crippen LogP) is 2.20. The summed E-state index contributed by atoms with van der Waals surface area (Å²) >= 11 is 0. The zero-order valence-electron chi connectivity index (χ0n) is 10.8. The van der Waals surface area contributed by atoms with E-state index in [0.717, 1.165) is 0 Å². The highest BCUT2D eigenvalue weighted by molar-refractivity contribution is 4.50. The van der Waals surface area contributed by atoms with E-state index in [1.807, 2.05) is 0 Å². The molecule has 0 radical (unpaired) electrons. The molecule has 0 rings (SSSR count). The lowest BCUT2D eigenvalue weighted by molar-refractivity contribution is -0.922. The summed E-state index contributed by atoms with van der Waals surface area (Å²) in [5, 5.41) is 0. The predicted molar refractivity (Wildman–Crippen MR) is 64.5 cm³/mol. The van der Waals surface area contributed by atoms with Crippen molar-refractivity contribution < 1.29 is 4.48 Å². The summed E-state index contributed by atoms with van der Waals surface area (Å²) in [6.07, 6.45) is 1.26. The molecular formula is C12H29N2+. The van der Waals surface area contributed by atoms with E-state index in [2.05, 4.69) is 39.6 Å².